The monoisotopic (exact) mass is 551 g/mol. The van der Waals surface area contributed by atoms with Crippen LogP contribution in [0.3, 0.4) is 0 Å². The fourth-order valence-corrected chi connectivity index (χ4v) is 4.33. The lowest BCUT2D eigenvalue weighted by molar-refractivity contribution is 0.0526. The minimum atomic E-state index is -0.681. The van der Waals surface area contributed by atoms with E-state index in [9.17, 15) is 19.5 Å². The standard InChI is InChI=1S/C31H29N5O5/c1-5-11-22(12-6-2)36-28-26(27(33-31(36)40)34-35-29(38)21-15-17-23(37)18-16-21)25(20-13-9-8-10-14-20)24(19(4)32-28)30(39)41-7-3/h5-6,8-18,37H,1,7H2,2-4H3,(H,35,38)(H,33,34,40)/b12-6-,22-11+. The van der Waals surface area contributed by atoms with Crippen molar-refractivity contribution in [2.75, 3.05) is 12.0 Å². The highest BCUT2D eigenvalue weighted by atomic mass is 16.5. The number of anilines is 1. The van der Waals surface area contributed by atoms with Crippen molar-refractivity contribution in [1.82, 2.24) is 20.0 Å². The summed E-state index contributed by atoms with van der Waals surface area (Å²) in [5.74, 6) is -1.15. The minimum Gasteiger partial charge on any atom is -0.508 e. The molecule has 10 nitrogen and oxygen atoms in total. The summed E-state index contributed by atoms with van der Waals surface area (Å²) in [6.07, 6.45) is 6.65. The van der Waals surface area contributed by atoms with E-state index in [1.165, 1.54) is 34.9 Å². The van der Waals surface area contributed by atoms with Crippen molar-refractivity contribution < 1.29 is 19.4 Å². The summed E-state index contributed by atoms with van der Waals surface area (Å²) in [7, 11) is 0. The number of aryl methyl sites for hydroxylation is 1. The molecule has 0 atom stereocenters. The van der Waals surface area contributed by atoms with Crippen LogP contribution in [0.1, 0.15) is 40.3 Å². The molecule has 2 aromatic heterocycles. The van der Waals surface area contributed by atoms with Crippen molar-refractivity contribution in [1.29, 1.82) is 0 Å². The first-order valence-corrected chi connectivity index (χ1v) is 12.8. The van der Waals surface area contributed by atoms with Gasteiger partial charge >= 0.3 is 11.7 Å². The minimum absolute atomic E-state index is 0.00994. The summed E-state index contributed by atoms with van der Waals surface area (Å²) >= 11 is 0. The number of pyridine rings is 1. The van der Waals surface area contributed by atoms with Gasteiger partial charge in [-0.25, -0.2) is 19.1 Å². The lowest BCUT2D eigenvalue weighted by Crippen LogP contribution is -2.33. The van der Waals surface area contributed by atoms with Gasteiger partial charge in [-0.2, -0.15) is 4.98 Å². The van der Waals surface area contributed by atoms with Crippen molar-refractivity contribution in [2.45, 2.75) is 20.8 Å². The number of hydrazine groups is 1. The predicted molar refractivity (Wildman–Crippen MR) is 158 cm³/mol. The number of carbonyl (C=O) groups excluding carboxylic acids is 2. The summed E-state index contributed by atoms with van der Waals surface area (Å²) in [5, 5.41) is 9.86. The summed E-state index contributed by atoms with van der Waals surface area (Å²) in [4.78, 5) is 48.6. The molecule has 10 heteroatoms. The average molecular weight is 552 g/mol. The molecule has 208 valence electrons. The van der Waals surface area contributed by atoms with E-state index in [0.717, 1.165) is 0 Å². The number of hydrogen-bond donors (Lipinski definition) is 3. The van der Waals surface area contributed by atoms with Crippen LogP contribution in [0.5, 0.6) is 5.75 Å². The summed E-state index contributed by atoms with van der Waals surface area (Å²) in [6.45, 7) is 9.08. The van der Waals surface area contributed by atoms with E-state index >= 15 is 0 Å². The van der Waals surface area contributed by atoms with Gasteiger partial charge in [0.05, 0.1) is 28.9 Å². The van der Waals surface area contributed by atoms with Crippen molar-refractivity contribution >= 4 is 34.4 Å². The molecule has 0 saturated carbocycles. The molecule has 0 spiro atoms. The Bertz CT molecular complexity index is 1740. The predicted octanol–water partition coefficient (Wildman–Crippen LogP) is 5.01. The number of benzene rings is 2. The van der Waals surface area contributed by atoms with Gasteiger partial charge in [-0.05, 0) is 62.8 Å². The Labute approximate surface area is 236 Å². The molecule has 2 heterocycles. The Morgan fingerprint density at radius 1 is 1.10 bits per heavy atom. The van der Waals surface area contributed by atoms with Crippen molar-refractivity contribution in [2.24, 2.45) is 0 Å². The number of phenolic OH excluding ortho intramolecular Hbond substituents is 1. The number of aromatic hydroxyl groups is 1. The van der Waals surface area contributed by atoms with Crippen LogP contribution < -0.4 is 16.5 Å². The first kappa shape index (κ1) is 28.5. The van der Waals surface area contributed by atoms with Crippen LogP contribution in [0, 0.1) is 6.92 Å². The first-order valence-electron chi connectivity index (χ1n) is 12.8. The van der Waals surface area contributed by atoms with Gasteiger partial charge in [0.25, 0.3) is 5.91 Å². The summed E-state index contributed by atoms with van der Waals surface area (Å²) in [6, 6.07) is 14.8. The lowest BCUT2D eigenvalue weighted by atomic mass is 9.95. The molecule has 0 radical (unpaired) electrons. The molecule has 0 bridgehead atoms. The largest absolute Gasteiger partial charge is 0.508 e. The van der Waals surface area contributed by atoms with Crippen LogP contribution in [0.15, 0.2) is 90.3 Å². The lowest BCUT2D eigenvalue weighted by Gasteiger charge is -2.20. The Morgan fingerprint density at radius 2 is 1.80 bits per heavy atom. The Hall–Kier alpha value is -5.51. The van der Waals surface area contributed by atoms with Gasteiger partial charge in [-0.1, -0.05) is 49.1 Å². The van der Waals surface area contributed by atoms with Crippen LogP contribution in [0.4, 0.5) is 5.82 Å². The SMILES string of the molecule is C=C/C=C(\C=C/C)n1c(=O)nc(NNC(=O)c2ccc(O)cc2)c2c(-c3ccccc3)c(C(=O)OCC)c(C)nc21. The van der Waals surface area contributed by atoms with Crippen LogP contribution in [0.25, 0.3) is 27.9 Å². The van der Waals surface area contributed by atoms with Crippen LogP contribution >= 0.6 is 0 Å². The van der Waals surface area contributed by atoms with Gasteiger partial charge in [0.2, 0.25) is 0 Å². The number of phenols is 1. The summed E-state index contributed by atoms with van der Waals surface area (Å²) in [5.41, 5.74) is 7.13. The fraction of sp³-hybridized carbons (Fsp3) is 0.129. The highest BCUT2D eigenvalue weighted by Gasteiger charge is 2.27. The molecule has 0 fully saturated rings. The number of carbonyl (C=O) groups is 2. The van der Waals surface area contributed by atoms with E-state index in [2.05, 4.69) is 22.4 Å². The third kappa shape index (κ3) is 5.91. The number of esters is 1. The maximum absolute atomic E-state index is 13.5. The molecule has 1 amide bonds. The number of allylic oxidation sites excluding steroid dienone is 5. The fourth-order valence-electron chi connectivity index (χ4n) is 4.33. The molecule has 4 rings (SSSR count). The number of nitrogens with one attached hydrogen (secondary N) is 2. The van der Waals surface area contributed by atoms with Crippen LogP contribution in [-0.4, -0.2) is 38.1 Å². The first-order chi connectivity index (χ1) is 19.8. The maximum atomic E-state index is 13.5. The summed E-state index contributed by atoms with van der Waals surface area (Å²) < 4.78 is 6.71. The van der Waals surface area contributed by atoms with E-state index in [1.54, 1.807) is 39.0 Å². The molecular weight excluding hydrogens is 522 g/mol. The third-order valence-corrected chi connectivity index (χ3v) is 6.06. The quantitative estimate of drug-likeness (QED) is 0.150. The number of nitrogens with zero attached hydrogens (tertiary/aromatic N) is 3. The number of hydrogen-bond acceptors (Lipinski definition) is 8. The molecule has 4 aromatic rings. The maximum Gasteiger partial charge on any atom is 0.355 e. The van der Waals surface area contributed by atoms with Crippen LogP contribution in [0.2, 0.25) is 0 Å². The van der Waals surface area contributed by atoms with E-state index in [0.29, 0.717) is 27.9 Å². The molecule has 2 aromatic carbocycles. The highest BCUT2D eigenvalue weighted by molar-refractivity contribution is 6.11. The average Bonchev–Trinajstić information content (AvgIpc) is 2.96. The molecule has 0 aliphatic carbocycles. The van der Waals surface area contributed by atoms with Crippen molar-refractivity contribution in [3.63, 3.8) is 0 Å². The van der Waals surface area contributed by atoms with Gasteiger partial charge in [0.1, 0.15) is 5.75 Å². The highest BCUT2D eigenvalue weighted by Crippen LogP contribution is 2.37. The van der Waals surface area contributed by atoms with E-state index < -0.39 is 17.6 Å². The molecule has 0 saturated heterocycles. The van der Waals surface area contributed by atoms with Gasteiger partial charge in [0.15, 0.2) is 11.5 Å². The van der Waals surface area contributed by atoms with Gasteiger partial charge in [-0.3, -0.25) is 15.6 Å². The second-order valence-electron chi connectivity index (χ2n) is 8.76. The normalized spacial score (nSPS) is 11.4. The number of aromatic nitrogens is 3. The van der Waals surface area contributed by atoms with E-state index in [1.807, 2.05) is 30.3 Å². The molecule has 0 unspecified atom stereocenters. The van der Waals surface area contributed by atoms with Crippen LogP contribution in [-0.2, 0) is 4.74 Å². The Kier molecular flexibility index (Phi) is 8.73. The molecule has 0 aliphatic rings. The smallest absolute Gasteiger partial charge is 0.355 e. The molecular formula is C31H29N5O5. The van der Waals surface area contributed by atoms with Gasteiger partial charge in [-0.15, -0.1) is 0 Å². The number of rotatable bonds is 9. The Morgan fingerprint density at radius 3 is 2.44 bits per heavy atom. The zero-order valence-electron chi connectivity index (χ0n) is 22.8. The molecule has 3 N–H and O–H groups in total. The molecule has 41 heavy (non-hydrogen) atoms. The second-order valence-corrected chi connectivity index (χ2v) is 8.76. The third-order valence-electron chi connectivity index (χ3n) is 6.06. The second kappa shape index (κ2) is 12.6. The topological polar surface area (TPSA) is 135 Å². The number of fused-ring (bicyclic) bond motifs is 1. The van der Waals surface area contributed by atoms with E-state index in [-0.39, 0.29) is 34.9 Å². The molecule has 0 aliphatic heterocycles. The number of ether oxygens (including phenoxy) is 1. The number of amides is 1. The van der Waals surface area contributed by atoms with E-state index in [4.69, 9.17) is 9.72 Å². The Balaban J connectivity index is 2.07. The van der Waals surface area contributed by atoms with Gasteiger partial charge < -0.3 is 9.84 Å². The zero-order valence-corrected chi connectivity index (χ0v) is 22.8. The van der Waals surface area contributed by atoms with Gasteiger partial charge in [0, 0.05) is 11.1 Å². The zero-order chi connectivity index (χ0) is 29.5. The van der Waals surface area contributed by atoms with Crippen molar-refractivity contribution in [3.8, 4) is 16.9 Å². The van der Waals surface area contributed by atoms with Crippen molar-refractivity contribution in [3.05, 3.63) is 113 Å².